The van der Waals surface area contributed by atoms with Gasteiger partial charge in [-0.2, -0.15) is 0 Å². The summed E-state index contributed by atoms with van der Waals surface area (Å²) in [5.74, 6) is 0. The summed E-state index contributed by atoms with van der Waals surface area (Å²) < 4.78 is 7.58. The summed E-state index contributed by atoms with van der Waals surface area (Å²) in [6.45, 7) is 0. The molecular formula is C48H30N2S. The van der Waals surface area contributed by atoms with E-state index >= 15 is 0 Å². The van der Waals surface area contributed by atoms with Gasteiger partial charge in [-0.15, -0.1) is 11.3 Å². The predicted molar refractivity (Wildman–Crippen MR) is 219 cm³/mol. The fourth-order valence-corrected chi connectivity index (χ4v) is 9.60. The maximum atomic E-state index is 2.48. The molecule has 0 aliphatic heterocycles. The Labute approximate surface area is 298 Å². The second-order valence-electron chi connectivity index (χ2n) is 13.3. The number of benzene rings is 8. The highest BCUT2D eigenvalue weighted by atomic mass is 32.1. The van der Waals surface area contributed by atoms with Gasteiger partial charge in [-0.05, 0) is 71.3 Å². The molecule has 51 heavy (non-hydrogen) atoms. The summed E-state index contributed by atoms with van der Waals surface area (Å²) in [4.78, 5) is 0. The Morgan fingerprint density at radius 1 is 0.353 bits per heavy atom. The van der Waals surface area contributed by atoms with Crippen LogP contribution in [-0.2, 0) is 0 Å². The molecular weight excluding hydrogens is 637 g/mol. The minimum atomic E-state index is 1.15. The predicted octanol–water partition coefficient (Wildman–Crippen LogP) is 13.6. The molecule has 238 valence electrons. The number of hydrogen-bond donors (Lipinski definition) is 0. The summed E-state index contributed by atoms with van der Waals surface area (Å²) in [5.41, 5.74) is 12.1. The Hall–Kier alpha value is -6.42. The fraction of sp³-hybridized carbons (Fsp3) is 0. The smallest absolute Gasteiger partial charge is 0.0627 e. The van der Waals surface area contributed by atoms with E-state index in [4.69, 9.17) is 0 Å². The first-order valence-corrected chi connectivity index (χ1v) is 18.3. The van der Waals surface area contributed by atoms with Gasteiger partial charge in [0.2, 0.25) is 0 Å². The topological polar surface area (TPSA) is 9.86 Å². The van der Waals surface area contributed by atoms with Crippen molar-refractivity contribution >= 4 is 75.1 Å². The minimum Gasteiger partial charge on any atom is -0.309 e. The summed E-state index contributed by atoms with van der Waals surface area (Å²) in [6.07, 6.45) is 0. The first-order chi connectivity index (χ1) is 25.3. The van der Waals surface area contributed by atoms with Crippen LogP contribution in [0, 0.1) is 0 Å². The largest absolute Gasteiger partial charge is 0.309 e. The number of aromatic nitrogens is 2. The molecule has 0 spiro atoms. The van der Waals surface area contributed by atoms with Gasteiger partial charge < -0.3 is 9.13 Å². The zero-order valence-corrected chi connectivity index (χ0v) is 28.4. The highest BCUT2D eigenvalue weighted by Gasteiger charge is 2.24. The molecule has 0 radical (unpaired) electrons. The van der Waals surface area contributed by atoms with Crippen molar-refractivity contribution < 1.29 is 0 Å². The second kappa shape index (κ2) is 11.0. The summed E-state index contributed by atoms with van der Waals surface area (Å²) in [6, 6.07) is 66.6. The Balaban J connectivity index is 1.30. The minimum absolute atomic E-state index is 1.15. The van der Waals surface area contributed by atoms with Gasteiger partial charge in [-0.25, -0.2) is 0 Å². The van der Waals surface area contributed by atoms with E-state index < -0.39 is 0 Å². The van der Waals surface area contributed by atoms with Crippen molar-refractivity contribution in [3.05, 3.63) is 182 Å². The van der Waals surface area contributed by atoms with E-state index in [1.165, 1.54) is 86.0 Å². The van der Waals surface area contributed by atoms with Gasteiger partial charge in [0.25, 0.3) is 0 Å². The zero-order valence-electron chi connectivity index (χ0n) is 27.6. The molecule has 0 saturated carbocycles. The molecule has 3 heteroatoms. The van der Waals surface area contributed by atoms with Crippen molar-refractivity contribution in [2.45, 2.75) is 0 Å². The monoisotopic (exact) mass is 666 g/mol. The number of rotatable bonds is 4. The highest BCUT2D eigenvalue weighted by Crippen LogP contribution is 2.47. The van der Waals surface area contributed by atoms with E-state index in [0.29, 0.717) is 0 Å². The molecule has 0 saturated heterocycles. The normalized spacial score (nSPS) is 11.9. The number of thiophene rings is 1. The van der Waals surface area contributed by atoms with Crippen LogP contribution in [0.4, 0.5) is 0 Å². The van der Waals surface area contributed by atoms with Gasteiger partial charge in [-0.1, -0.05) is 127 Å². The van der Waals surface area contributed by atoms with Crippen LogP contribution >= 0.6 is 11.3 Å². The molecule has 11 aromatic rings. The summed E-state index contributed by atoms with van der Waals surface area (Å²) >= 11 is 1.89. The molecule has 0 unspecified atom stereocenters. The Morgan fingerprint density at radius 2 is 0.902 bits per heavy atom. The highest BCUT2D eigenvalue weighted by molar-refractivity contribution is 7.26. The van der Waals surface area contributed by atoms with Crippen molar-refractivity contribution in [2.75, 3.05) is 0 Å². The first-order valence-electron chi connectivity index (χ1n) is 17.4. The zero-order chi connectivity index (χ0) is 33.5. The van der Waals surface area contributed by atoms with Crippen molar-refractivity contribution in [3.63, 3.8) is 0 Å². The summed E-state index contributed by atoms with van der Waals surface area (Å²) in [5, 5.41) is 7.72. The van der Waals surface area contributed by atoms with E-state index in [0.717, 1.165) is 11.4 Å². The molecule has 0 amide bonds. The average molecular weight is 667 g/mol. The van der Waals surface area contributed by atoms with E-state index in [1.54, 1.807) is 0 Å². The molecule has 0 aliphatic rings. The number of para-hydroxylation sites is 4. The van der Waals surface area contributed by atoms with Crippen molar-refractivity contribution in [1.29, 1.82) is 0 Å². The third-order valence-electron chi connectivity index (χ3n) is 10.5. The van der Waals surface area contributed by atoms with Gasteiger partial charge >= 0.3 is 0 Å². The fourth-order valence-electron chi connectivity index (χ4n) is 8.36. The second-order valence-corrected chi connectivity index (χ2v) is 14.3. The lowest BCUT2D eigenvalue weighted by Crippen LogP contribution is -1.97. The van der Waals surface area contributed by atoms with E-state index in [-0.39, 0.29) is 0 Å². The third-order valence-corrected chi connectivity index (χ3v) is 11.7. The van der Waals surface area contributed by atoms with Gasteiger partial charge in [0, 0.05) is 58.7 Å². The standard InChI is InChI=1S/C48H30N2S/c1-3-17-33(18-4-1)49-41-26-10-7-22-38(41)45-43(49)30-40(47-46(45)39-23-8-11-27-42(39)50(47)34-19-5-2-6-20-34)32-16-13-15-31(29-32)35-24-14-25-37-36-21-9-12-28-44(36)51-48(35)37/h1-30H. The quantitative estimate of drug-likeness (QED) is 0.177. The third kappa shape index (κ3) is 4.16. The van der Waals surface area contributed by atoms with Crippen molar-refractivity contribution in [3.8, 4) is 33.6 Å². The van der Waals surface area contributed by atoms with Gasteiger partial charge in [0.1, 0.15) is 0 Å². The molecule has 2 nitrogen and oxygen atoms in total. The van der Waals surface area contributed by atoms with Crippen LogP contribution in [0.15, 0.2) is 182 Å². The first kappa shape index (κ1) is 28.4. The Morgan fingerprint density at radius 3 is 1.65 bits per heavy atom. The number of hydrogen-bond acceptors (Lipinski definition) is 1. The van der Waals surface area contributed by atoms with E-state index in [9.17, 15) is 0 Å². The average Bonchev–Trinajstić information content (AvgIpc) is 3.86. The summed E-state index contributed by atoms with van der Waals surface area (Å²) in [7, 11) is 0. The van der Waals surface area contributed by atoms with Crippen molar-refractivity contribution in [2.24, 2.45) is 0 Å². The molecule has 0 bridgehead atoms. The van der Waals surface area contributed by atoms with Crippen LogP contribution in [0.5, 0.6) is 0 Å². The van der Waals surface area contributed by atoms with Crippen LogP contribution in [0.1, 0.15) is 0 Å². The molecule has 8 aromatic carbocycles. The maximum Gasteiger partial charge on any atom is 0.0627 e. The van der Waals surface area contributed by atoms with Crippen molar-refractivity contribution in [1.82, 2.24) is 9.13 Å². The van der Waals surface area contributed by atoms with E-state index in [1.807, 2.05) is 11.3 Å². The molecule has 0 atom stereocenters. The van der Waals surface area contributed by atoms with Crippen LogP contribution in [0.25, 0.3) is 97.4 Å². The van der Waals surface area contributed by atoms with Crippen LogP contribution in [-0.4, -0.2) is 9.13 Å². The number of nitrogens with zero attached hydrogens (tertiary/aromatic N) is 2. The Bertz CT molecular complexity index is 3130. The lowest BCUT2D eigenvalue weighted by Gasteiger charge is -2.15. The SMILES string of the molecule is c1ccc(-n2c3ccccc3c3c4c5ccccc5n(-c5ccccc5)c4c(-c4cccc(-c5cccc6c5sc5ccccc56)c4)cc32)cc1. The maximum absolute atomic E-state index is 2.48. The van der Waals surface area contributed by atoms with Crippen LogP contribution in [0.2, 0.25) is 0 Å². The molecule has 11 rings (SSSR count). The molecule has 3 heterocycles. The van der Waals surface area contributed by atoms with Gasteiger partial charge in [-0.3, -0.25) is 0 Å². The lowest BCUT2D eigenvalue weighted by atomic mass is 9.94. The molecule has 0 N–H and O–H groups in total. The van der Waals surface area contributed by atoms with Crippen LogP contribution in [0.3, 0.4) is 0 Å². The molecule has 0 aliphatic carbocycles. The van der Waals surface area contributed by atoms with E-state index in [2.05, 4.69) is 191 Å². The molecule has 3 aromatic heterocycles. The lowest BCUT2D eigenvalue weighted by molar-refractivity contribution is 1.17. The van der Waals surface area contributed by atoms with Gasteiger partial charge in [0.05, 0.1) is 22.1 Å². The van der Waals surface area contributed by atoms with Gasteiger partial charge in [0.15, 0.2) is 0 Å². The van der Waals surface area contributed by atoms with Crippen LogP contribution < -0.4 is 0 Å². The number of fused-ring (bicyclic) bond motifs is 10. The Kier molecular flexibility index (Phi) is 6.16. The molecule has 0 fully saturated rings.